The summed E-state index contributed by atoms with van der Waals surface area (Å²) in [4.78, 5) is 27.7. The molecule has 7 nitrogen and oxygen atoms in total. The van der Waals surface area contributed by atoms with Crippen molar-refractivity contribution >= 4 is 22.6 Å². The number of pyridine rings is 1. The van der Waals surface area contributed by atoms with Gasteiger partial charge in [-0.3, -0.25) is 9.59 Å². The van der Waals surface area contributed by atoms with Crippen LogP contribution in [0.5, 0.6) is 5.75 Å². The zero-order chi connectivity index (χ0) is 20.7. The second kappa shape index (κ2) is 6.90. The van der Waals surface area contributed by atoms with Gasteiger partial charge in [-0.05, 0) is 43.7 Å². The van der Waals surface area contributed by atoms with Gasteiger partial charge in [0.2, 0.25) is 0 Å². The first kappa shape index (κ1) is 18.4. The second-order valence-corrected chi connectivity index (χ2v) is 6.77. The number of nitrogens with zero attached hydrogens (tertiary/aromatic N) is 2. The minimum absolute atomic E-state index is 0.0881. The highest BCUT2D eigenvalue weighted by Crippen LogP contribution is 2.27. The smallest absolute Gasteiger partial charge is 0.266 e. The van der Waals surface area contributed by atoms with Gasteiger partial charge in [-0.2, -0.15) is 5.10 Å². The number of hydrogen-bond acceptors (Lipinski definition) is 4. The quantitative estimate of drug-likeness (QED) is 0.497. The topological polar surface area (TPSA) is 100 Å². The van der Waals surface area contributed by atoms with Crippen molar-refractivity contribution in [1.82, 2.24) is 14.8 Å². The molecule has 0 fully saturated rings. The van der Waals surface area contributed by atoms with E-state index >= 15 is 0 Å². The molecular formula is C21H17FN4O3. The van der Waals surface area contributed by atoms with Crippen LogP contribution in [0.2, 0.25) is 0 Å². The van der Waals surface area contributed by atoms with E-state index in [1.807, 2.05) is 31.2 Å². The summed E-state index contributed by atoms with van der Waals surface area (Å²) in [5, 5.41) is 17.3. The number of aryl methyl sites for hydroxylation is 2. The number of nitrogens with one attached hydrogen (secondary N) is 2. The Bertz CT molecular complexity index is 1310. The highest BCUT2D eigenvalue weighted by molar-refractivity contribution is 6.08. The molecule has 0 radical (unpaired) electrons. The SMILES string of the molecule is Cc1ccc(-n2ncc3c(O)c(C(=O)Nc4ccc(C)cc4F)c(=O)[nH]c32)cc1. The summed E-state index contributed by atoms with van der Waals surface area (Å²) in [6, 6.07) is 11.7. The molecule has 1 amide bonds. The van der Waals surface area contributed by atoms with Gasteiger partial charge in [0.1, 0.15) is 22.8 Å². The summed E-state index contributed by atoms with van der Waals surface area (Å²) in [5.74, 6) is -2.08. The van der Waals surface area contributed by atoms with Crippen LogP contribution >= 0.6 is 0 Å². The maximum Gasteiger partial charge on any atom is 0.266 e. The number of H-pyrrole nitrogens is 1. The fraction of sp³-hybridized carbons (Fsp3) is 0.0952. The van der Waals surface area contributed by atoms with Gasteiger partial charge in [0.15, 0.2) is 0 Å². The summed E-state index contributed by atoms with van der Waals surface area (Å²) in [7, 11) is 0. The maximum atomic E-state index is 14.0. The van der Waals surface area contributed by atoms with Gasteiger partial charge in [0, 0.05) is 0 Å². The van der Waals surface area contributed by atoms with Gasteiger partial charge in [0.05, 0.1) is 23.0 Å². The van der Waals surface area contributed by atoms with Crippen LogP contribution in [0.3, 0.4) is 0 Å². The Hall–Kier alpha value is -3.94. The van der Waals surface area contributed by atoms with Crippen molar-refractivity contribution in [2.45, 2.75) is 13.8 Å². The Labute approximate surface area is 164 Å². The van der Waals surface area contributed by atoms with Gasteiger partial charge < -0.3 is 15.4 Å². The zero-order valence-corrected chi connectivity index (χ0v) is 15.7. The molecule has 3 N–H and O–H groups in total. The number of benzene rings is 2. The minimum Gasteiger partial charge on any atom is -0.506 e. The number of aromatic hydroxyl groups is 1. The number of carbonyl (C=O) groups is 1. The number of halogens is 1. The summed E-state index contributed by atoms with van der Waals surface area (Å²) in [6.45, 7) is 3.66. The molecule has 2 aromatic heterocycles. The number of fused-ring (bicyclic) bond motifs is 1. The number of hydrogen-bond donors (Lipinski definition) is 3. The molecule has 0 aliphatic heterocycles. The fourth-order valence-electron chi connectivity index (χ4n) is 3.05. The maximum absolute atomic E-state index is 14.0. The molecule has 29 heavy (non-hydrogen) atoms. The molecule has 0 saturated heterocycles. The van der Waals surface area contributed by atoms with Crippen molar-refractivity contribution in [2.75, 3.05) is 5.32 Å². The Morgan fingerprint density at radius 2 is 1.83 bits per heavy atom. The minimum atomic E-state index is -0.920. The highest BCUT2D eigenvalue weighted by atomic mass is 19.1. The van der Waals surface area contributed by atoms with E-state index in [0.717, 1.165) is 5.56 Å². The lowest BCUT2D eigenvalue weighted by Crippen LogP contribution is -2.24. The molecule has 2 heterocycles. The van der Waals surface area contributed by atoms with Crippen LogP contribution in [-0.2, 0) is 0 Å². The number of aromatic amines is 1. The monoisotopic (exact) mass is 392 g/mol. The second-order valence-electron chi connectivity index (χ2n) is 6.77. The highest BCUT2D eigenvalue weighted by Gasteiger charge is 2.22. The van der Waals surface area contributed by atoms with Crippen molar-refractivity contribution in [3.63, 3.8) is 0 Å². The number of amides is 1. The first-order valence-electron chi connectivity index (χ1n) is 8.82. The van der Waals surface area contributed by atoms with Crippen LogP contribution in [0.1, 0.15) is 21.5 Å². The van der Waals surface area contributed by atoms with E-state index < -0.39 is 28.6 Å². The predicted molar refractivity (Wildman–Crippen MR) is 107 cm³/mol. The number of carbonyl (C=O) groups excluding carboxylic acids is 1. The van der Waals surface area contributed by atoms with Crippen LogP contribution < -0.4 is 10.9 Å². The Balaban J connectivity index is 1.77. The van der Waals surface area contributed by atoms with Gasteiger partial charge >= 0.3 is 0 Å². The summed E-state index contributed by atoms with van der Waals surface area (Å²) in [6.07, 6.45) is 1.35. The van der Waals surface area contributed by atoms with Crippen LogP contribution in [0.4, 0.5) is 10.1 Å². The van der Waals surface area contributed by atoms with E-state index in [4.69, 9.17) is 0 Å². The molecular weight excluding hydrogens is 375 g/mol. The molecule has 0 spiro atoms. The lowest BCUT2D eigenvalue weighted by molar-refractivity contribution is 0.102. The summed E-state index contributed by atoms with van der Waals surface area (Å²) < 4.78 is 15.5. The normalized spacial score (nSPS) is 11.0. The molecule has 146 valence electrons. The van der Waals surface area contributed by atoms with E-state index in [9.17, 15) is 19.1 Å². The molecule has 8 heteroatoms. The average Bonchev–Trinajstić information content (AvgIpc) is 3.08. The standard InChI is InChI=1S/C21H17FN4O3/c1-11-3-6-13(7-4-11)26-19-14(10-23-26)18(27)17(21(29)25-19)20(28)24-16-8-5-12(2)9-15(16)22/h3-10H,1-2H3,(H,24,28)(H2,25,27,29). The third-order valence-electron chi connectivity index (χ3n) is 4.60. The Morgan fingerprint density at radius 1 is 1.14 bits per heavy atom. The van der Waals surface area contributed by atoms with E-state index in [-0.39, 0.29) is 16.7 Å². The first-order valence-corrected chi connectivity index (χ1v) is 8.82. The van der Waals surface area contributed by atoms with E-state index in [1.165, 1.54) is 23.0 Å². The molecule has 0 aliphatic carbocycles. The molecule has 4 aromatic rings. The largest absolute Gasteiger partial charge is 0.506 e. The van der Waals surface area contributed by atoms with E-state index in [1.54, 1.807) is 13.0 Å². The zero-order valence-electron chi connectivity index (χ0n) is 15.7. The number of anilines is 1. The van der Waals surface area contributed by atoms with Crippen molar-refractivity contribution in [1.29, 1.82) is 0 Å². The lowest BCUT2D eigenvalue weighted by atomic mass is 10.1. The molecule has 0 aliphatic rings. The van der Waals surface area contributed by atoms with Gasteiger partial charge in [-0.15, -0.1) is 0 Å². The molecule has 2 aromatic carbocycles. The van der Waals surface area contributed by atoms with Crippen LogP contribution in [0.25, 0.3) is 16.7 Å². The molecule has 0 unspecified atom stereocenters. The molecule has 0 atom stereocenters. The number of rotatable bonds is 3. The van der Waals surface area contributed by atoms with Gasteiger partial charge in [-0.25, -0.2) is 9.07 Å². The van der Waals surface area contributed by atoms with Crippen LogP contribution in [0.15, 0.2) is 53.5 Å². The predicted octanol–water partition coefficient (Wildman–Crippen LogP) is 3.43. The van der Waals surface area contributed by atoms with E-state index in [0.29, 0.717) is 11.3 Å². The van der Waals surface area contributed by atoms with Crippen LogP contribution in [-0.4, -0.2) is 25.8 Å². The average molecular weight is 392 g/mol. The first-order chi connectivity index (χ1) is 13.8. The van der Waals surface area contributed by atoms with E-state index in [2.05, 4.69) is 15.4 Å². The van der Waals surface area contributed by atoms with Crippen molar-refractivity contribution in [3.05, 3.63) is 81.5 Å². The lowest BCUT2D eigenvalue weighted by Gasteiger charge is -2.09. The molecule has 4 rings (SSSR count). The third kappa shape index (κ3) is 3.25. The number of aromatic nitrogens is 3. The Morgan fingerprint density at radius 3 is 2.52 bits per heavy atom. The van der Waals surface area contributed by atoms with Crippen LogP contribution in [0, 0.1) is 19.7 Å². The molecule has 0 bridgehead atoms. The van der Waals surface area contributed by atoms with Crippen molar-refractivity contribution in [2.24, 2.45) is 0 Å². The summed E-state index contributed by atoms with van der Waals surface area (Å²) in [5.41, 5.74) is 1.26. The van der Waals surface area contributed by atoms with Gasteiger partial charge in [0.25, 0.3) is 11.5 Å². The third-order valence-corrected chi connectivity index (χ3v) is 4.60. The summed E-state index contributed by atoms with van der Waals surface area (Å²) >= 11 is 0. The van der Waals surface area contributed by atoms with Crippen molar-refractivity contribution in [3.8, 4) is 11.4 Å². The Kier molecular flexibility index (Phi) is 4.38. The fourth-order valence-corrected chi connectivity index (χ4v) is 3.05. The van der Waals surface area contributed by atoms with Crippen molar-refractivity contribution < 1.29 is 14.3 Å². The molecule has 0 saturated carbocycles. The van der Waals surface area contributed by atoms with Gasteiger partial charge in [-0.1, -0.05) is 23.8 Å².